The normalized spacial score (nSPS) is 14.7. The summed E-state index contributed by atoms with van der Waals surface area (Å²) in [6, 6.07) is 18.7. The molecule has 4 nitrogen and oxygen atoms in total. The third kappa shape index (κ3) is 4.45. The summed E-state index contributed by atoms with van der Waals surface area (Å²) in [4.78, 5) is 8.39. The monoisotopic (exact) mass is 407 g/mol. The van der Waals surface area contributed by atoms with E-state index in [1.807, 2.05) is 30.3 Å². The fourth-order valence-corrected chi connectivity index (χ4v) is 4.92. The highest BCUT2D eigenvalue weighted by Crippen LogP contribution is 2.35. The Hall–Kier alpha value is -2.17. The molecule has 0 saturated carbocycles. The third-order valence-corrected chi connectivity index (χ3v) is 6.55. The van der Waals surface area contributed by atoms with Gasteiger partial charge in [-0.05, 0) is 23.1 Å². The molecular weight excluding hydrogens is 386 g/mol. The van der Waals surface area contributed by atoms with Crippen LogP contribution in [0.3, 0.4) is 0 Å². The quantitative estimate of drug-likeness (QED) is 0.551. The van der Waals surface area contributed by atoms with Crippen molar-refractivity contribution in [3.8, 4) is 27.8 Å². The summed E-state index contributed by atoms with van der Waals surface area (Å²) in [5, 5.41) is 12.8. The number of hydrogen-bond acceptors (Lipinski definition) is 6. The fraction of sp³-hybridized carbons (Fsp3) is 0.273. The molecule has 1 aliphatic heterocycles. The molecule has 1 aliphatic rings. The van der Waals surface area contributed by atoms with Crippen LogP contribution in [0.15, 0.2) is 58.9 Å². The van der Waals surface area contributed by atoms with Gasteiger partial charge in [0.1, 0.15) is 11.1 Å². The molecule has 2 aromatic heterocycles. The van der Waals surface area contributed by atoms with Gasteiger partial charge in [-0.3, -0.25) is 4.90 Å². The highest BCUT2D eigenvalue weighted by Gasteiger charge is 2.17. The molecule has 142 valence electrons. The molecule has 0 amide bonds. The SMILES string of the molecule is N#Cc1c(-c2ccccc2)cc(-c2cccs2)nc1SCCN1CCOCC1. The lowest BCUT2D eigenvalue weighted by Gasteiger charge is -2.26. The molecule has 4 rings (SSSR count). The number of aromatic nitrogens is 1. The first kappa shape index (κ1) is 19.2. The van der Waals surface area contributed by atoms with Gasteiger partial charge in [-0.25, -0.2) is 4.98 Å². The number of ether oxygens (including phenoxy) is 1. The van der Waals surface area contributed by atoms with Crippen molar-refractivity contribution in [2.45, 2.75) is 5.03 Å². The van der Waals surface area contributed by atoms with Crippen LogP contribution in [0.25, 0.3) is 21.7 Å². The summed E-state index contributed by atoms with van der Waals surface area (Å²) in [7, 11) is 0. The van der Waals surface area contributed by atoms with Crippen molar-refractivity contribution >= 4 is 23.1 Å². The molecule has 6 heteroatoms. The number of thioether (sulfide) groups is 1. The van der Waals surface area contributed by atoms with Crippen molar-refractivity contribution in [3.63, 3.8) is 0 Å². The van der Waals surface area contributed by atoms with Crippen molar-refractivity contribution in [1.29, 1.82) is 5.26 Å². The van der Waals surface area contributed by atoms with Gasteiger partial charge in [0.05, 0.1) is 29.3 Å². The molecular formula is C22H21N3OS2. The van der Waals surface area contributed by atoms with Gasteiger partial charge in [0.2, 0.25) is 0 Å². The zero-order valence-corrected chi connectivity index (χ0v) is 17.1. The minimum Gasteiger partial charge on any atom is -0.379 e. The van der Waals surface area contributed by atoms with Crippen molar-refractivity contribution in [1.82, 2.24) is 9.88 Å². The minimum absolute atomic E-state index is 0.665. The lowest BCUT2D eigenvalue weighted by molar-refractivity contribution is 0.0410. The van der Waals surface area contributed by atoms with E-state index in [4.69, 9.17) is 9.72 Å². The molecule has 0 atom stereocenters. The van der Waals surface area contributed by atoms with E-state index in [0.29, 0.717) is 5.56 Å². The Labute approximate surface area is 173 Å². The molecule has 3 heterocycles. The zero-order chi connectivity index (χ0) is 19.2. The van der Waals surface area contributed by atoms with Gasteiger partial charge in [0, 0.05) is 31.0 Å². The number of benzene rings is 1. The number of pyridine rings is 1. The van der Waals surface area contributed by atoms with Gasteiger partial charge in [0.15, 0.2) is 0 Å². The molecule has 1 fully saturated rings. The number of rotatable bonds is 6. The molecule has 1 saturated heterocycles. The molecule has 0 N–H and O–H groups in total. The Morgan fingerprint density at radius 3 is 2.68 bits per heavy atom. The van der Waals surface area contributed by atoms with Crippen LogP contribution in [-0.2, 0) is 4.74 Å². The van der Waals surface area contributed by atoms with Crippen LogP contribution in [-0.4, -0.2) is 48.5 Å². The number of thiophene rings is 1. The zero-order valence-electron chi connectivity index (χ0n) is 15.5. The Morgan fingerprint density at radius 2 is 1.96 bits per heavy atom. The highest BCUT2D eigenvalue weighted by molar-refractivity contribution is 7.99. The van der Waals surface area contributed by atoms with Gasteiger partial charge in [-0.2, -0.15) is 5.26 Å². The smallest absolute Gasteiger partial charge is 0.115 e. The third-order valence-electron chi connectivity index (χ3n) is 4.71. The predicted octanol–water partition coefficient (Wildman–Crippen LogP) is 4.77. The highest BCUT2D eigenvalue weighted by atomic mass is 32.2. The largest absolute Gasteiger partial charge is 0.379 e. The first-order chi connectivity index (χ1) is 13.8. The second-order valence-electron chi connectivity index (χ2n) is 6.49. The topological polar surface area (TPSA) is 49.2 Å². The van der Waals surface area contributed by atoms with Crippen LogP contribution in [0, 0.1) is 11.3 Å². The molecule has 28 heavy (non-hydrogen) atoms. The average molecular weight is 408 g/mol. The Kier molecular flexibility index (Phi) is 6.40. The van der Waals surface area contributed by atoms with E-state index in [0.717, 1.165) is 65.3 Å². The standard InChI is InChI=1S/C22H21N3OS2/c23-16-19-18(17-5-2-1-3-6-17)15-20(21-7-4-13-27-21)24-22(19)28-14-10-25-8-11-26-12-9-25/h1-7,13,15H,8-12,14H2. The predicted molar refractivity (Wildman–Crippen MR) is 116 cm³/mol. The van der Waals surface area contributed by atoms with Crippen molar-refractivity contribution in [2.24, 2.45) is 0 Å². The number of nitrogens with zero attached hydrogens (tertiary/aromatic N) is 3. The van der Waals surface area contributed by atoms with Crippen LogP contribution >= 0.6 is 23.1 Å². The van der Waals surface area contributed by atoms with Gasteiger partial charge in [-0.1, -0.05) is 36.4 Å². The Bertz CT molecular complexity index is 946. The molecule has 3 aromatic rings. The molecule has 0 aliphatic carbocycles. The van der Waals surface area contributed by atoms with Gasteiger partial charge < -0.3 is 4.74 Å². The van der Waals surface area contributed by atoms with Crippen LogP contribution in [0.4, 0.5) is 0 Å². The van der Waals surface area contributed by atoms with Crippen molar-refractivity contribution in [3.05, 3.63) is 59.5 Å². The van der Waals surface area contributed by atoms with Crippen LogP contribution in [0.5, 0.6) is 0 Å². The summed E-state index contributed by atoms with van der Waals surface area (Å²) >= 11 is 3.35. The Balaban J connectivity index is 1.65. The Morgan fingerprint density at radius 1 is 1.14 bits per heavy atom. The van der Waals surface area contributed by atoms with E-state index in [9.17, 15) is 5.26 Å². The molecule has 0 bridgehead atoms. The summed E-state index contributed by atoms with van der Waals surface area (Å²) in [6.45, 7) is 4.54. The number of nitriles is 1. The lowest BCUT2D eigenvalue weighted by atomic mass is 10.0. The molecule has 0 spiro atoms. The van der Waals surface area contributed by atoms with Gasteiger partial charge in [-0.15, -0.1) is 23.1 Å². The second kappa shape index (κ2) is 9.35. The maximum atomic E-state index is 9.90. The first-order valence-electron chi connectivity index (χ1n) is 9.32. The van der Waals surface area contributed by atoms with E-state index < -0.39 is 0 Å². The summed E-state index contributed by atoms with van der Waals surface area (Å²) < 4.78 is 5.42. The van der Waals surface area contributed by atoms with Crippen molar-refractivity contribution in [2.75, 3.05) is 38.6 Å². The molecule has 0 unspecified atom stereocenters. The van der Waals surface area contributed by atoms with Gasteiger partial charge >= 0.3 is 0 Å². The molecule has 1 aromatic carbocycles. The fourth-order valence-electron chi connectivity index (χ4n) is 3.23. The van der Waals surface area contributed by atoms with E-state index in [-0.39, 0.29) is 0 Å². The average Bonchev–Trinajstić information content (AvgIpc) is 3.29. The maximum Gasteiger partial charge on any atom is 0.115 e. The summed E-state index contributed by atoms with van der Waals surface area (Å²) in [5.74, 6) is 0.907. The van der Waals surface area contributed by atoms with Crippen LogP contribution in [0.2, 0.25) is 0 Å². The summed E-state index contributed by atoms with van der Waals surface area (Å²) in [5.41, 5.74) is 3.60. The first-order valence-corrected chi connectivity index (χ1v) is 11.2. The van der Waals surface area contributed by atoms with Crippen LogP contribution in [0.1, 0.15) is 5.56 Å². The lowest BCUT2D eigenvalue weighted by Crippen LogP contribution is -2.37. The van der Waals surface area contributed by atoms with E-state index >= 15 is 0 Å². The van der Waals surface area contributed by atoms with E-state index in [1.165, 1.54) is 0 Å². The minimum atomic E-state index is 0.665. The van der Waals surface area contributed by atoms with Crippen molar-refractivity contribution < 1.29 is 4.74 Å². The van der Waals surface area contributed by atoms with Crippen LogP contribution < -0.4 is 0 Å². The van der Waals surface area contributed by atoms with Gasteiger partial charge in [0.25, 0.3) is 0 Å². The van der Waals surface area contributed by atoms with E-state index in [1.54, 1.807) is 23.1 Å². The van der Waals surface area contributed by atoms with E-state index in [2.05, 4.69) is 34.5 Å². The summed E-state index contributed by atoms with van der Waals surface area (Å²) in [6.07, 6.45) is 0. The number of hydrogen-bond donors (Lipinski definition) is 0. The maximum absolute atomic E-state index is 9.90. The number of morpholine rings is 1. The molecule has 0 radical (unpaired) electrons. The second-order valence-corrected chi connectivity index (χ2v) is 8.52.